The molecule has 1 aliphatic rings. The van der Waals surface area contributed by atoms with Gasteiger partial charge < -0.3 is 24.8 Å². The lowest BCUT2D eigenvalue weighted by molar-refractivity contribution is -0.121. The van der Waals surface area contributed by atoms with Gasteiger partial charge in [-0.3, -0.25) is 4.79 Å². The second-order valence-corrected chi connectivity index (χ2v) is 8.08. The zero-order valence-electron chi connectivity index (χ0n) is 17.1. The molecule has 0 unspecified atom stereocenters. The summed E-state index contributed by atoms with van der Waals surface area (Å²) in [5, 5.41) is 7.19. The molecule has 1 saturated carbocycles. The number of imidazole rings is 1. The largest absolute Gasteiger partial charge is 0.480 e. The van der Waals surface area contributed by atoms with Crippen LogP contribution >= 0.6 is 0 Å². The van der Waals surface area contributed by atoms with Gasteiger partial charge in [-0.1, -0.05) is 0 Å². The summed E-state index contributed by atoms with van der Waals surface area (Å²) in [7, 11) is 1.61. The van der Waals surface area contributed by atoms with Gasteiger partial charge in [-0.25, -0.2) is 4.98 Å². The van der Waals surface area contributed by atoms with Crippen LogP contribution in [0.5, 0.6) is 5.88 Å². The van der Waals surface area contributed by atoms with Crippen molar-refractivity contribution in [2.24, 2.45) is 0 Å². The van der Waals surface area contributed by atoms with Crippen molar-refractivity contribution in [3.63, 3.8) is 0 Å². The van der Waals surface area contributed by atoms with Crippen LogP contribution in [0, 0.1) is 0 Å². The molecular formula is C21H23N7O2. The van der Waals surface area contributed by atoms with Gasteiger partial charge in [0.25, 0.3) is 0 Å². The topological polar surface area (TPSA) is 109 Å². The summed E-state index contributed by atoms with van der Waals surface area (Å²) in [5.74, 6) is 1.00. The predicted octanol–water partition coefficient (Wildman–Crippen LogP) is 2.75. The van der Waals surface area contributed by atoms with E-state index < -0.39 is 0 Å². The Morgan fingerprint density at radius 2 is 2.17 bits per heavy atom. The first-order valence-electron chi connectivity index (χ1n) is 9.86. The van der Waals surface area contributed by atoms with Crippen LogP contribution in [-0.4, -0.2) is 48.9 Å². The van der Waals surface area contributed by atoms with Crippen molar-refractivity contribution in [1.29, 1.82) is 0 Å². The number of fused-ring (bicyclic) bond motifs is 2. The van der Waals surface area contributed by atoms with Crippen molar-refractivity contribution in [3.05, 3.63) is 36.9 Å². The van der Waals surface area contributed by atoms with E-state index in [1.807, 2.05) is 42.0 Å². The fourth-order valence-electron chi connectivity index (χ4n) is 4.36. The number of ether oxygens (including phenoxy) is 1. The molecule has 4 aromatic rings. The van der Waals surface area contributed by atoms with Gasteiger partial charge in [-0.05, 0) is 31.9 Å². The Balaban J connectivity index is 1.44. The Labute approximate surface area is 172 Å². The Morgan fingerprint density at radius 1 is 1.33 bits per heavy atom. The molecule has 4 aromatic heterocycles. The van der Waals surface area contributed by atoms with Crippen molar-refractivity contribution in [2.45, 2.75) is 38.3 Å². The minimum absolute atomic E-state index is 0.0110. The Bertz CT molecular complexity index is 1250. The van der Waals surface area contributed by atoms with Crippen molar-refractivity contribution < 1.29 is 9.53 Å². The molecule has 0 saturated heterocycles. The number of methoxy groups -OCH3 is 1. The fourth-order valence-corrected chi connectivity index (χ4v) is 4.36. The predicted molar refractivity (Wildman–Crippen MR) is 113 cm³/mol. The van der Waals surface area contributed by atoms with Gasteiger partial charge in [-0.15, -0.1) is 0 Å². The maximum atomic E-state index is 11.3. The van der Waals surface area contributed by atoms with Gasteiger partial charge in [0.2, 0.25) is 17.7 Å². The number of aromatic amines is 1. The summed E-state index contributed by atoms with van der Waals surface area (Å²) in [6, 6.07) is 4.19. The van der Waals surface area contributed by atoms with E-state index in [0.717, 1.165) is 35.0 Å². The maximum Gasteiger partial charge on any atom is 0.228 e. The average molecular weight is 405 g/mol. The van der Waals surface area contributed by atoms with Crippen molar-refractivity contribution in [2.75, 3.05) is 12.4 Å². The highest BCUT2D eigenvalue weighted by Crippen LogP contribution is 2.36. The van der Waals surface area contributed by atoms with Crippen LogP contribution in [0.3, 0.4) is 0 Å². The van der Waals surface area contributed by atoms with Crippen molar-refractivity contribution in [3.8, 4) is 17.0 Å². The molecule has 9 nitrogen and oxygen atoms in total. The van der Waals surface area contributed by atoms with E-state index in [1.165, 1.54) is 0 Å². The third-order valence-corrected chi connectivity index (χ3v) is 5.60. The summed E-state index contributed by atoms with van der Waals surface area (Å²) < 4.78 is 7.57. The molecule has 1 amide bonds. The first-order valence-corrected chi connectivity index (χ1v) is 9.86. The number of carbonyl (C=O) groups excluding carboxylic acids is 1. The van der Waals surface area contributed by atoms with Gasteiger partial charge >= 0.3 is 0 Å². The Hall–Kier alpha value is -3.62. The number of hydrogen-bond acceptors (Lipinski definition) is 6. The molecule has 30 heavy (non-hydrogen) atoms. The summed E-state index contributed by atoms with van der Waals surface area (Å²) in [6.45, 7) is 3.59. The number of amides is 1. The average Bonchev–Trinajstić information content (AvgIpc) is 3.31. The molecule has 5 rings (SSSR count). The minimum Gasteiger partial charge on any atom is -0.480 e. The van der Waals surface area contributed by atoms with Crippen LogP contribution in [0.15, 0.2) is 36.9 Å². The number of H-pyrrole nitrogens is 1. The van der Waals surface area contributed by atoms with E-state index in [0.29, 0.717) is 17.5 Å². The fraction of sp³-hybridized carbons (Fsp3) is 0.333. The molecule has 0 spiro atoms. The summed E-state index contributed by atoms with van der Waals surface area (Å²) >= 11 is 0. The molecule has 1 fully saturated rings. The molecule has 0 radical (unpaired) electrons. The molecule has 1 aliphatic carbocycles. The lowest BCUT2D eigenvalue weighted by atomic mass is 9.74. The standard InChI is InChI=1S/C21H23N7O2/c1-12(29)27-21(2)8-14(9-21)24-20-25-18-17(19(26-20)30-3)15(10-23-18)13-4-5-16-22-6-7-28(16)11-13/h4-7,10-11,14H,8-9H2,1-3H3,(H,27,29)(H2,23,24,25,26)/t14-,21+. The third kappa shape index (κ3) is 3.12. The maximum absolute atomic E-state index is 11.3. The summed E-state index contributed by atoms with van der Waals surface area (Å²) in [4.78, 5) is 28.1. The van der Waals surface area contributed by atoms with Crippen LogP contribution in [0.4, 0.5) is 5.95 Å². The first-order chi connectivity index (χ1) is 14.4. The second kappa shape index (κ2) is 6.72. The normalized spacial score (nSPS) is 20.8. The number of hydrogen-bond donors (Lipinski definition) is 3. The molecule has 3 N–H and O–H groups in total. The quantitative estimate of drug-likeness (QED) is 0.471. The molecular weight excluding hydrogens is 382 g/mol. The van der Waals surface area contributed by atoms with Crippen LogP contribution in [0.2, 0.25) is 0 Å². The van der Waals surface area contributed by atoms with Crippen LogP contribution < -0.4 is 15.4 Å². The van der Waals surface area contributed by atoms with Gasteiger partial charge in [0.1, 0.15) is 11.3 Å². The molecule has 154 valence electrons. The van der Waals surface area contributed by atoms with E-state index in [9.17, 15) is 4.79 Å². The van der Waals surface area contributed by atoms with Crippen LogP contribution in [-0.2, 0) is 4.79 Å². The minimum atomic E-state index is -0.177. The first kappa shape index (κ1) is 18.4. The molecule has 4 heterocycles. The van der Waals surface area contributed by atoms with E-state index in [1.54, 1.807) is 20.2 Å². The van der Waals surface area contributed by atoms with E-state index in [4.69, 9.17) is 4.74 Å². The Kier molecular flexibility index (Phi) is 4.12. The summed E-state index contributed by atoms with van der Waals surface area (Å²) in [5.41, 5.74) is 3.39. The zero-order chi connectivity index (χ0) is 20.9. The van der Waals surface area contributed by atoms with Crippen LogP contribution in [0.25, 0.3) is 27.8 Å². The molecule has 9 heteroatoms. The van der Waals surface area contributed by atoms with Gasteiger partial charge in [0.05, 0.1) is 12.5 Å². The summed E-state index contributed by atoms with van der Waals surface area (Å²) in [6.07, 6.45) is 9.26. The lowest BCUT2D eigenvalue weighted by Gasteiger charge is -2.45. The third-order valence-electron chi connectivity index (χ3n) is 5.60. The second-order valence-electron chi connectivity index (χ2n) is 8.08. The number of aromatic nitrogens is 5. The number of nitrogens with one attached hydrogen (secondary N) is 3. The lowest BCUT2D eigenvalue weighted by Crippen LogP contribution is -2.59. The smallest absolute Gasteiger partial charge is 0.228 e. The molecule has 0 bridgehead atoms. The van der Waals surface area contributed by atoms with Gasteiger partial charge in [-0.2, -0.15) is 9.97 Å². The number of carbonyl (C=O) groups is 1. The number of nitrogens with zero attached hydrogens (tertiary/aromatic N) is 4. The Morgan fingerprint density at radius 3 is 2.93 bits per heavy atom. The highest BCUT2D eigenvalue weighted by atomic mass is 16.5. The SMILES string of the molecule is COc1nc(N[C@H]2C[C@@](C)(NC(C)=O)C2)nc2[nH]cc(-c3ccc4nccn4c3)c12. The van der Waals surface area contributed by atoms with Crippen molar-refractivity contribution >= 4 is 28.5 Å². The van der Waals surface area contributed by atoms with Crippen LogP contribution in [0.1, 0.15) is 26.7 Å². The monoisotopic (exact) mass is 405 g/mol. The zero-order valence-corrected chi connectivity index (χ0v) is 17.1. The number of anilines is 1. The number of pyridine rings is 1. The van der Waals surface area contributed by atoms with Crippen molar-refractivity contribution in [1.82, 2.24) is 29.7 Å². The molecule has 0 aromatic carbocycles. The molecule has 0 aliphatic heterocycles. The highest BCUT2D eigenvalue weighted by molar-refractivity contribution is 5.97. The molecule has 0 atom stereocenters. The van der Waals surface area contributed by atoms with E-state index >= 15 is 0 Å². The highest BCUT2D eigenvalue weighted by Gasteiger charge is 2.41. The van der Waals surface area contributed by atoms with Gasteiger partial charge in [0, 0.05) is 54.4 Å². The van der Waals surface area contributed by atoms with E-state index in [-0.39, 0.29) is 17.5 Å². The van der Waals surface area contributed by atoms with Gasteiger partial charge in [0.15, 0.2) is 0 Å². The van der Waals surface area contributed by atoms with E-state index in [2.05, 4.69) is 30.6 Å². The number of rotatable bonds is 5.